The highest BCUT2D eigenvalue weighted by Gasteiger charge is 2.24. The average Bonchev–Trinajstić information content (AvgIpc) is 2.29. The summed E-state index contributed by atoms with van der Waals surface area (Å²) in [4.78, 5) is 13.1. The second kappa shape index (κ2) is 5.92. The zero-order chi connectivity index (χ0) is 13.0. The molecule has 1 aromatic carbocycles. The number of carbonyl (C=O) groups is 1. The number of anilines is 1. The molecule has 0 saturated heterocycles. The molecule has 0 bridgehead atoms. The summed E-state index contributed by atoms with van der Waals surface area (Å²) in [6.07, 6.45) is 0.565. The lowest BCUT2D eigenvalue weighted by Crippen LogP contribution is -2.41. The zero-order valence-corrected chi connectivity index (χ0v) is 11.2. The van der Waals surface area contributed by atoms with Crippen molar-refractivity contribution >= 4 is 23.3 Å². The summed E-state index contributed by atoms with van der Waals surface area (Å²) >= 11 is 6.07. The van der Waals surface area contributed by atoms with Crippen molar-refractivity contribution in [1.29, 1.82) is 0 Å². The van der Waals surface area contributed by atoms with Crippen LogP contribution in [-0.2, 0) is 4.79 Å². The number of nitrogens with zero attached hydrogens (tertiary/aromatic N) is 1. The van der Waals surface area contributed by atoms with E-state index < -0.39 is 12.0 Å². The molecule has 0 aromatic heterocycles. The van der Waals surface area contributed by atoms with Crippen LogP contribution in [0.1, 0.15) is 25.8 Å². The molecule has 0 spiro atoms. The number of rotatable bonds is 5. The van der Waals surface area contributed by atoms with Crippen molar-refractivity contribution in [1.82, 2.24) is 0 Å². The maximum atomic E-state index is 11.2. The van der Waals surface area contributed by atoms with Crippen LogP contribution in [0.5, 0.6) is 0 Å². The van der Waals surface area contributed by atoms with E-state index in [4.69, 9.17) is 11.6 Å². The maximum Gasteiger partial charge on any atom is 0.326 e. The first-order chi connectivity index (χ1) is 8.02. The summed E-state index contributed by atoms with van der Waals surface area (Å²) in [5.41, 5.74) is 1.82. The van der Waals surface area contributed by atoms with E-state index in [1.165, 1.54) is 0 Å². The highest BCUT2D eigenvalue weighted by molar-refractivity contribution is 6.31. The molecule has 17 heavy (non-hydrogen) atoms. The van der Waals surface area contributed by atoms with E-state index in [1.807, 2.05) is 43.9 Å². The Hall–Kier alpha value is -1.22. The Labute approximate surface area is 107 Å². The van der Waals surface area contributed by atoms with Gasteiger partial charge in [0.1, 0.15) is 6.04 Å². The number of halogens is 1. The summed E-state index contributed by atoms with van der Waals surface area (Å²) in [6.45, 7) is 6.38. The van der Waals surface area contributed by atoms with E-state index in [9.17, 15) is 9.90 Å². The maximum absolute atomic E-state index is 11.2. The Bertz CT molecular complexity index is 406. The molecule has 1 atom stereocenters. The van der Waals surface area contributed by atoms with E-state index >= 15 is 0 Å². The highest BCUT2D eigenvalue weighted by atomic mass is 35.5. The van der Waals surface area contributed by atoms with Crippen LogP contribution in [0.4, 0.5) is 5.69 Å². The largest absolute Gasteiger partial charge is 0.480 e. The van der Waals surface area contributed by atoms with Gasteiger partial charge in [-0.3, -0.25) is 0 Å². The van der Waals surface area contributed by atoms with Crippen molar-refractivity contribution in [2.45, 2.75) is 33.2 Å². The van der Waals surface area contributed by atoms with E-state index in [0.717, 1.165) is 11.3 Å². The minimum Gasteiger partial charge on any atom is -0.480 e. The van der Waals surface area contributed by atoms with Crippen LogP contribution in [0, 0.1) is 6.92 Å². The van der Waals surface area contributed by atoms with Gasteiger partial charge in [-0.05, 0) is 38.0 Å². The molecule has 0 aliphatic carbocycles. The molecule has 0 unspecified atom stereocenters. The summed E-state index contributed by atoms with van der Waals surface area (Å²) in [6, 6.07) is 5.07. The molecule has 0 amide bonds. The summed E-state index contributed by atoms with van der Waals surface area (Å²) in [5, 5.41) is 9.89. The van der Waals surface area contributed by atoms with E-state index in [1.54, 1.807) is 0 Å². The van der Waals surface area contributed by atoms with Crippen LogP contribution < -0.4 is 4.90 Å². The molecule has 0 aliphatic heterocycles. The molecule has 94 valence electrons. The fourth-order valence-corrected chi connectivity index (χ4v) is 2.16. The third-order valence-corrected chi connectivity index (χ3v) is 3.35. The summed E-state index contributed by atoms with van der Waals surface area (Å²) in [5.74, 6) is -0.797. The predicted octanol–water partition coefficient (Wildman–Crippen LogP) is 3.34. The first kappa shape index (κ1) is 13.8. The first-order valence-electron chi connectivity index (χ1n) is 5.77. The smallest absolute Gasteiger partial charge is 0.326 e. The van der Waals surface area contributed by atoms with Crippen LogP contribution in [-0.4, -0.2) is 23.7 Å². The van der Waals surface area contributed by atoms with Gasteiger partial charge in [0.15, 0.2) is 0 Å². The molecule has 1 N–H and O–H groups in total. The van der Waals surface area contributed by atoms with Crippen LogP contribution in [0.15, 0.2) is 18.2 Å². The van der Waals surface area contributed by atoms with Crippen LogP contribution in [0.2, 0.25) is 5.02 Å². The Morgan fingerprint density at radius 1 is 1.47 bits per heavy atom. The Morgan fingerprint density at radius 3 is 2.59 bits per heavy atom. The molecule has 1 aromatic rings. The fraction of sp³-hybridized carbons (Fsp3) is 0.462. The molecule has 0 fully saturated rings. The number of benzene rings is 1. The highest BCUT2D eigenvalue weighted by Crippen LogP contribution is 2.28. The molecule has 3 nitrogen and oxygen atoms in total. The van der Waals surface area contributed by atoms with Crippen molar-refractivity contribution in [3.05, 3.63) is 28.8 Å². The van der Waals surface area contributed by atoms with Crippen LogP contribution >= 0.6 is 11.6 Å². The zero-order valence-electron chi connectivity index (χ0n) is 10.4. The van der Waals surface area contributed by atoms with Crippen molar-refractivity contribution in [3.8, 4) is 0 Å². The Balaban J connectivity index is 3.17. The van der Waals surface area contributed by atoms with Crippen molar-refractivity contribution in [3.63, 3.8) is 0 Å². The minimum atomic E-state index is -0.797. The summed E-state index contributed by atoms with van der Waals surface area (Å²) in [7, 11) is 0. The van der Waals surface area contributed by atoms with Gasteiger partial charge in [-0.2, -0.15) is 0 Å². The molecular formula is C13H18ClNO2. The molecule has 0 aliphatic rings. The van der Waals surface area contributed by atoms with Crippen molar-refractivity contribution in [2.24, 2.45) is 0 Å². The molecular weight excluding hydrogens is 238 g/mol. The average molecular weight is 256 g/mol. The monoisotopic (exact) mass is 255 g/mol. The standard InChI is InChI=1S/C13H18ClNO2/c1-4-11(13(16)17)15(5-2)12-8-6-7-10(14)9(12)3/h6-8,11H,4-5H2,1-3H3,(H,16,17)/t11-/m0/s1. The third kappa shape index (κ3) is 2.91. The number of hydrogen-bond donors (Lipinski definition) is 1. The molecule has 0 radical (unpaired) electrons. The van der Waals surface area contributed by atoms with E-state index in [-0.39, 0.29) is 0 Å². The topological polar surface area (TPSA) is 40.5 Å². The van der Waals surface area contributed by atoms with Gasteiger partial charge in [-0.15, -0.1) is 0 Å². The lowest BCUT2D eigenvalue weighted by atomic mass is 10.1. The SMILES string of the molecule is CC[C@@H](C(=O)O)N(CC)c1cccc(Cl)c1C. The van der Waals surface area contributed by atoms with Gasteiger partial charge < -0.3 is 10.0 Å². The fourth-order valence-electron chi connectivity index (χ4n) is 1.99. The van der Waals surface area contributed by atoms with Gasteiger partial charge in [0.05, 0.1) is 0 Å². The normalized spacial score (nSPS) is 12.2. The molecule has 0 heterocycles. The Kier molecular flexibility index (Phi) is 4.82. The van der Waals surface area contributed by atoms with Crippen molar-refractivity contribution < 1.29 is 9.90 Å². The number of hydrogen-bond acceptors (Lipinski definition) is 2. The van der Waals surface area contributed by atoms with Gasteiger partial charge in [0.25, 0.3) is 0 Å². The number of aliphatic carboxylic acids is 1. The lowest BCUT2D eigenvalue weighted by molar-refractivity contribution is -0.138. The van der Waals surface area contributed by atoms with Gasteiger partial charge in [-0.25, -0.2) is 4.79 Å². The minimum absolute atomic E-state index is 0.503. The second-order valence-corrected chi connectivity index (χ2v) is 4.34. The predicted molar refractivity (Wildman–Crippen MR) is 70.9 cm³/mol. The van der Waals surface area contributed by atoms with Crippen molar-refractivity contribution in [2.75, 3.05) is 11.4 Å². The molecule has 4 heteroatoms. The summed E-state index contributed by atoms with van der Waals surface area (Å²) < 4.78 is 0. The van der Waals surface area contributed by atoms with E-state index in [0.29, 0.717) is 18.0 Å². The van der Waals surface area contributed by atoms with Gasteiger partial charge in [0, 0.05) is 17.3 Å². The molecule has 0 saturated carbocycles. The van der Waals surface area contributed by atoms with E-state index in [2.05, 4.69) is 0 Å². The quantitative estimate of drug-likeness (QED) is 0.877. The third-order valence-electron chi connectivity index (χ3n) is 2.94. The number of carboxylic acids is 1. The second-order valence-electron chi connectivity index (χ2n) is 3.93. The number of carboxylic acid groups (broad SMARTS) is 1. The van der Waals surface area contributed by atoms with Gasteiger partial charge in [0.2, 0.25) is 0 Å². The molecule has 1 rings (SSSR count). The van der Waals surface area contributed by atoms with Gasteiger partial charge >= 0.3 is 5.97 Å². The van der Waals surface area contributed by atoms with Crippen LogP contribution in [0.25, 0.3) is 0 Å². The first-order valence-corrected chi connectivity index (χ1v) is 6.15. The van der Waals surface area contributed by atoms with Crippen LogP contribution in [0.3, 0.4) is 0 Å². The number of likely N-dealkylation sites (N-methyl/N-ethyl adjacent to an activating group) is 1. The Morgan fingerprint density at radius 2 is 2.12 bits per heavy atom. The van der Waals surface area contributed by atoms with Gasteiger partial charge in [-0.1, -0.05) is 24.6 Å². The lowest BCUT2D eigenvalue weighted by Gasteiger charge is -2.30.